The summed E-state index contributed by atoms with van der Waals surface area (Å²) in [5.41, 5.74) is 7.19. The molecule has 0 fully saturated rings. The topological polar surface area (TPSA) is 29.3 Å². The van der Waals surface area contributed by atoms with Crippen LogP contribution >= 0.6 is 35.0 Å². The van der Waals surface area contributed by atoms with E-state index in [2.05, 4.69) is 25.1 Å². The SMILES string of the molecule is CCC(CSC)N(C)CCC(N)c1cccc(Cl)c1Cl. The molecule has 0 aromatic heterocycles. The van der Waals surface area contributed by atoms with Crippen LogP contribution in [0.5, 0.6) is 0 Å². The Kier molecular flexibility index (Phi) is 8.30. The fourth-order valence-corrected chi connectivity index (χ4v) is 3.56. The zero-order valence-corrected chi connectivity index (χ0v) is 14.7. The number of nitrogens with zero attached hydrogens (tertiary/aromatic N) is 1. The van der Waals surface area contributed by atoms with Gasteiger partial charge in [-0.15, -0.1) is 0 Å². The van der Waals surface area contributed by atoms with E-state index >= 15 is 0 Å². The molecule has 1 rings (SSSR count). The van der Waals surface area contributed by atoms with Gasteiger partial charge in [-0.3, -0.25) is 0 Å². The molecule has 5 heteroatoms. The van der Waals surface area contributed by atoms with Crippen molar-refractivity contribution in [1.29, 1.82) is 0 Å². The molecule has 20 heavy (non-hydrogen) atoms. The van der Waals surface area contributed by atoms with E-state index in [1.54, 1.807) is 6.07 Å². The van der Waals surface area contributed by atoms with Gasteiger partial charge in [-0.2, -0.15) is 11.8 Å². The smallest absolute Gasteiger partial charge is 0.0640 e. The molecule has 0 aliphatic carbocycles. The van der Waals surface area contributed by atoms with Crippen LogP contribution in [0.4, 0.5) is 0 Å². The summed E-state index contributed by atoms with van der Waals surface area (Å²) in [5.74, 6) is 1.15. The van der Waals surface area contributed by atoms with Gasteiger partial charge in [0.05, 0.1) is 10.0 Å². The Morgan fingerprint density at radius 3 is 2.65 bits per heavy atom. The van der Waals surface area contributed by atoms with E-state index < -0.39 is 0 Å². The molecule has 0 amide bonds. The number of nitrogens with two attached hydrogens (primary N) is 1. The lowest BCUT2D eigenvalue weighted by Gasteiger charge is -2.27. The normalized spacial score (nSPS) is 14.6. The van der Waals surface area contributed by atoms with Crippen LogP contribution in [0.1, 0.15) is 31.4 Å². The zero-order chi connectivity index (χ0) is 15.1. The summed E-state index contributed by atoms with van der Waals surface area (Å²) in [5, 5.41) is 1.15. The number of halogens is 2. The third-order valence-electron chi connectivity index (χ3n) is 3.63. The number of hydrogen-bond acceptors (Lipinski definition) is 3. The Labute approximate surface area is 137 Å². The van der Waals surface area contributed by atoms with Crippen LogP contribution in [0.25, 0.3) is 0 Å². The monoisotopic (exact) mass is 334 g/mol. The van der Waals surface area contributed by atoms with Gasteiger partial charge in [0.25, 0.3) is 0 Å². The van der Waals surface area contributed by atoms with Gasteiger partial charge in [-0.05, 0) is 44.3 Å². The number of hydrogen-bond donors (Lipinski definition) is 1. The first-order valence-corrected chi connectivity index (χ1v) is 9.04. The van der Waals surface area contributed by atoms with Crippen LogP contribution in [-0.2, 0) is 0 Å². The highest BCUT2D eigenvalue weighted by atomic mass is 35.5. The first-order chi connectivity index (χ1) is 9.51. The lowest BCUT2D eigenvalue weighted by atomic mass is 10.0. The van der Waals surface area contributed by atoms with Gasteiger partial charge in [0.1, 0.15) is 0 Å². The fraction of sp³-hybridized carbons (Fsp3) is 0.600. The van der Waals surface area contributed by atoms with Crippen molar-refractivity contribution in [3.05, 3.63) is 33.8 Å². The largest absolute Gasteiger partial charge is 0.324 e. The lowest BCUT2D eigenvalue weighted by Crippen LogP contribution is -2.35. The predicted molar refractivity (Wildman–Crippen MR) is 93.1 cm³/mol. The molecule has 2 unspecified atom stereocenters. The molecule has 0 saturated carbocycles. The van der Waals surface area contributed by atoms with Gasteiger partial charge in [-0.25, -0.2) is 0 Å². The minimum atomic E-state index is -0.0737. The standard InChI is InChI=1S/C15H24Cl2N2S/c1-4-11(10-20-3)19(2)9-8-14(18)12-6-5-7-13(16)15(12)17/h5-7,11,14H,4,8-10,18H2,1-3H3. The molecule has 0 heterocycles. The minimum absolute atomic E-state index is 0.0737. The highest BCUT2D eigenvalue weighted by Crippen LogP contribution is 2.30. The van der Waals surface area contributed by atoms with Crippen molar-refractivity contribution >= 4 is 35.0 Å². The van der Waals surface area contributed by atoms with E-state index in [0.29, 0.717) is 16.1 Å². The number of benzene rings is 1. The average Bonchev–Trinajstić information content (AvgIpc) is 2.44. The second kappa shape index (κ2) is 9.16. The molecule has 0 spiro atoms. The van der Waals surface area contributed by atoms with Crippen molar-refractivity contribution < 1.29 is 0 Å². The summed E-state index contributed by atoms with van der Waals surface area (Å²) in [6.45, 7) is 3.19. The van der Waals surface area contributed by atoms with E-state index in [1.807, 2.05) is 23.9 Å². The summed E-state index contributed by atoms with van der Waals surface area (Å²) in [6, 6.07) is 6.17. The Bertz CT molecular complexity index is 415. The van der Waals surface area contributed by atoms with Crippen LogP contribution in [0.2, 0.25) is 10.0 Å². The fourth-order valence-electron chi connectivity index (χ4n) is 2.24. The molecule has 2 nitrogen and oxygen atoms in total. The molecular weight excluding hydrogens is 311 g/mol. The molecule has 1 aromatic rings. The molecule has 0 radical (unpaired) electrons. The van der Waals surface area contributed by atoms with Gasteiger partial charge in [0, 0.05) is 17.8 Å². The van der Waals surface area contributed by atoms with Crippen molar-refractivity contribution in [1.82, 2.24) is 4.90 Å². The highest BCUT2D eigenvalue weighted by Gasteiger charge is 2.16. The molecule has 0 aliphatic rings. The summed E-state index contributed by atoms with van der Waals surface area (Å²) in [6.07, 6.45) is 4.18. The van der Waals surface area contributed by atoms with Crippen LogP contribution in [0, 0.1) is 0 Å². The first-order valence-electron chi connectivity index (χ1n) is 6.89. The quantitative estimate of drug-likeness (QED) is 0.761. The summed E-state index contributed by atoms with van der Waals surface area (Å²) >= 11 is 14.1. The highest BCUT2D eigenvalue weighted by molar-refractivity contribution is 7.98. The third-order valence-corrected chi connectivity index (χ3v) is 5.18. The molecule has 114 valence electrons. The van der Waals surface area contributed by atoms with Gasteiger partial charge in [-0.1, -0.05) is 42.3 Å². The summed E-state index contributed by atoms with van der Waals surface area (Å²) < 4.78 is 0. The van der Waals surface area contributed by atoms with E-state index in [0.717, 1.165) is 30.7 Å². The lowest BCUT2D eigenvalue weighted by molar-refractivity contribution is 0.247. The maximum absolute atomic E-state index is 6.25. The van der Waals surface area contributed by atoms with E-state index in [9.17, 15) is 0 Å². The van der Waals surface area contributed by atoms with Gasteiger partial charge < -0.3 is 10.6 Å². The Balaban J connectivity index is 2.58. The third kappa shape index (κ3) is 5.12. The maximum atomic E-state index is 6.25. The Hall–Kier alpha value is 0.0700. The van der Waals surface area contributed by atoms with Crippen LogP contribution in [0.3, 0.4) is 0 Å². The van der Waals surface area contributed by atoms with Gasteiger partial charge >= 0.3 is 0 Å². The average molecular weight is 335 g/mol. The summed E-state index contributed by atoms with van der Waals surface area (Å²) in [7, 11) is 2.16. The molecule has 0 aliphatic heterocycles. The predicted octanol–water partition coefficient (Wildman–Crippen LogP) is 4.46. The Morgan fingerprint density at radius 2 is 2.05 bits per heavy atom. The van der Waals surface area contributed by atoms with Crippen molar-refractivity contribution in [3.8, 4) is 0 Å². The first kappa shape index (κ1) is 18.1. The molecule has 1 aromatic carbocycles. The van der Waals surface area contributed by atoms with Crippen LogP contribution in [-0.4, -0.2) is 36.5 Å². The van der Waals surface area contributed by atoms with Gasteiger partial charge in [0.2, 0.25) is 0 Å². The molecule has 2 atom stereocenters. The zero-order valence-electron chi connectivity index (χ0n) is 12.4. The van der Waals surface area contributed by atoms with E-state index in [4.69, 9.17) is 28.9 Å². The van der Waals surface area contributed by atoms with E-state index in [1.165, 1.54) is 0 Å². The number of thioether (sulfide) groups is 1. The van der Waals surface area contributed by atoms with Crippen molar-refractivity contribution in [2.75, 3.05) is 25.6 Å². The summed E-state index contributed by atoms with van der Waals surface area (Å²) in [4.78, 5) is 2.38. The molecule has 0 saturated heterocycles. The second-order valence-electron chi connectivity index (χ2n) is 5.04. The van der Waals surface area contributed by atoms with Crippen molar-refractivity contribution in [2.45, 2.75) is 31.8 Å². The Morgan fingerprint density at radius 1 is 1.35 bits per heavy atom. The minimum Gasteiger partial charge on any atom is -0.324 e. The van der Waals surface area contributed by atoms with Crippen molar-refractivity contribution in [3.63, 3.8) is 0 Å². The van der Waals surface area contributed by atoms with Crippen LogP contribution < -0.4 is 5.73 Å². The molecule has 2 N–H and O–H groups in total. The van der Waals surface area contributed by atoms with Crippen LogP contribution in [0.15, 0.2) is 18.2 Å². The number of rotatable bonds is 8. The maximum Gasteiger partial charge on any atom is 0.0640 e. The van der Waals surface area contributed by atoms with Gasteiger partial charge in [0.15, 0.2) is 0 Å². The second-order valence-corrected chi connectivity index (χ2v) is 6.73. The van der Waals surface area contributed by atoms with Crippen molar-refractivity contribution in [2.24, 2.45) is 5.73 Å². The van der Waals surface area contributed by atoms with E-state index in [-0.39, 0.29) is 6.04 Å². The molecule has 0 bridgehead atoms. The molecular formula is C15H24Cl2N2S.